The van der Waals surface area contributed by atoms with Gasteiger partial charge in [-0.15, -0.1) is 10.2 Å². The fourth-order valence-electron chi connectivity index (χ4n) is 2.61. The lowest BCUT2D eigenvalue weighted by atomic mass is 10.1. The second kappa shape index (κ2) is 9.24. The molecule has 1 aromatic carbocycles. The highest BCUT2D eigenvalue weighted by molar-refractivity contribution is 7.99. The van der Waals surface area contributed by atoms with Gasteiger partial charge in [0.25, 0.3) is 0 Å². The molecule has 2 heterocycles. The SMILES string of the molecule is CCn1c(CCc2ccccc2)nnc1SCC(=O)NCc1ccco1. The molecule has 0 saturated carbocycles. The van der Waals surface area contributed by atoms with E-state index < -0.39 is 0 Å². The fraction of sp³-hybridized carbons (Fsp3) is 0.316. The minimum atomic E-state index is -0.0529. The second-order valence-corrected chi connectivity index (χ2v) is 6.72. The molecule has 0 atom stereocenters. The van der Waals surface area contributed by atoms with Crippen molar-refractivity contribution in [2.75, 3.05) is 5.75 Å². The number of rotatable bonds is 9. The third kappa shape index (κ3) is 4.98. The van der Waals surface area contributed by atoms with E-state index in [4.69, 9.17) is 4.42 Å². The van der Waals surface area contributed by atoms with Gasteiger partial charge in [0.1, 0.15) is 11.6 Å². The van der Waals surface area contributed by atoms with Crippen LogP contribution in [0.2, 0.25) is 0 Å². The summed E-state index contributed by atoms with van der Waals surface area (Å²) < 4.78 is 7.28. The monoisotopic (exact) mass is 370 g/mol. The topological polar surface area (TPSA) is 73.0 Å². The van der Waals surface area contributed by atoms with E-state index in [1.54, 1.807) is 12.3 Å². The number of nitrogens with one attached hydrogen (secondary N) is 1. The van der Waals surface area contributed by atoms with Gasteiger partial charge in [0, 0.05) is 13.0 Å². The zero-order chi connectivity index (χ0) is 18.2. The Morgan fingerprint density at radius 2 is 2.00 bits per heavy atom. The van der Waals surface area contributed by atoms with Crippen LogP contribution in [0.25, 0.3) is 0 Å². The molecule has 0 saturated heterocycles. The first-order valence-corrected chi connectivity index (χ1v) is 9.62. The first-order valence-electron chi connectivity index (χ1n) is 8.64. The Hall–Kier alpha value is -2.54. The summed E-state index contributed by atoms with van der Waals surface area (Å²) in [6.07, 6.45) is 3.35. The maximum atomic E-state index is 12.0. The lowest BCUT2D eigenvalue weighted by Gasteiger charge is -2.07. The zero-order valence-corrected chi connectivity index (χ0v) is 15.5. The van der Waals surface area contributed by atoms with Crippen LogP contribution in [-0.2, 0) is 30.7 Å². The van der Waals surface area contributed by atoms with Crippen LogP contribution in [0, 0.1) is 0 Å². The summed E-state index contributed by atoms with van der Waals surface area (Å²) in [7, 11) is 0. The van der Waals surface area contributed by atoms with E-state index in [2.05, 4.69) is 39.1 Å². The highest BCUT2D eigenvalue weighted by Crippen LogP contribution is 2.18. The van der Waals surface area contributed by atoms with Crippen LogP contribution >= 0.6 is 11.8 Å². The van der Waals surface area contributed by atoms with Crippen molar-refractivity contribution in [3.05, 3.63) is 65.9 Å². The van der Waals surface area contributed by atoms with Gasteiger partial charge >= 0.3 is 0 Å². The average Bonchev–Trinajstić information content (AvgIpc) is 3.33. The number of thioether (sulfide) groups is 1. The van der Waals surface area contributed by atoms with E-state index in [-0.39, 0.29) is 5.91 Å². The van der Waals surface area contributed by atoms with Crippen LogP contribution < -0.4 is 5.32 Å². The Morgan fingerprint density at radius 3 is 2.73 bits per heavy atom. The normalized spacial score (nSPS) is 10.8. The molecule has 26 heavy (non-hydrogen) atoms. The van der Waals surface area contributed by atoms with Gasteiger partial charge in [-0.1, -0.05) is 42.1 Å². The predicted octanol–water partition coefficient (Wildman–Crippen LogP) is 3.08. The molecule has 3 rings (SSSR count). The van der Waals surface area contributed by atoms with Crippen molar-refractivity contribution in [2.45, 2.75) is 38.0 Å². The van der Waals surface area contributed by atoms with E-state index in [9.17, 15) is 4.79 Å². The number of carbonyl (C=O) groups excluding carboxylic acids is 1. The van der Waals surface area contributed by atoms with Gasteiger partial charge in [0.15, 0.2) is 5.16 Å². The summed E-state index contributed by atoms with van der Waals surface area (Å²) in [5, 5.41) is 12.2. The number of hydrogen-bond acceptors (Lipinski definition) is 5. The predicted molar refractivity (Wildman–Crippen MR) is 101 cm³/mol. The van der Waals surface area contributed by atoms with E-state index >= 15 is 0 Å². The number of carbonyl (C=O) groups is 1. The zero-order valence-electron chi connectivity index (χ0n) is 14.7. The molecule has 136 valence electrons. The molecular formula is C19H22N4O2S. The van der Waals surface area contributed by atoms with Crippen LogP contribution in [0.4, 0.5) is 0 Å². The summed E-state index contributed by atoms with van der Waals surface area (Å²) in [6.45, 7) is 3.25. The lowest BCUT2D eigenvalue weighted by molar-refractivity contribution is -0.118. The first kappa shape index (κ1) is 18.3. The van der Waals surface area contributed by atoms with Crippen LogP contribution in [0.15, 0.2) is 58.3 Å². The molecule has 0 aliphatic heterocycles. The summed E-state index contributed by atoms with van der Waals surface area (Å²) in [6, 6.07) is 14.0. The molecule has 2 aromatic heterocycles. The third-order valence-electron chi connectivity index (χ3n) is 3.96. The Balaban J connectivity index is 1.51. The van der Waals surface area contributed by atoms with E-state index in [0.717, 1.165) is 36.1 Å². The average molecular weight is 370 g/mol. The maximum Gasteiger partial charge on any atom is 0.230 e. The molecule has 0 bridgehead atoms. The minimum Gasteiger partial charge on any atom is -0.467 e. The van der Waals surface area contributed by atoms with E-state index in [0.29, 0.717) is 12.3 Å². The lowest BCUT2D eigenvalue weighted by Crippen LogP contribution is -2.24. The number of furan rings is 1. The Bertz CT molecular complexity index is 815. The van der Waals surface area contributed by atoms with Gasteiger partial charge in [0.2, 0.25) is 5.91 Å². The number of nitrogens with zero attached hydrogens (tertiary/aromatic N) is 3. The number of aromatic nitrogens is 3. The van der Waals surface area contributed by atoms with Gasteiger partial charge in [-0.3, -0.25) is 4.79 Å². The Kier molecular flexibility index (Phi) is 6.49. The van der Waals surface area contributed by atoms with Crippen LogP contribution in [-0.4, -0.2) is 26.4 Å². The molecule has 0 aliphatic rings. The van der Waals surface area contributed by atoms with Crippen molar-refractivity contribution in [2.24, 2.45) is 0 Å². The molecule has 0 spiro atoms. The number of aryl methyl sites for hydroxylation is 2. The molecule has 0 unspecified atom stereocenters. The first-order chi connectivity index (χ1) is 12.8. The summed E-state index contributed by atoms with van der Waals surface area (Å²) in [5.74, 6) is 1.94. The van der Waals surface area contributed by atoms with Crippen molar-refractivity contribution in [1.29, 1.82) is 0 Å². The highest BCUT2D eigenvalue weighted by atomic mass is 32.2. The summed E-state index contributed by atoms with van der Waals surface area (Å²) >= 11 is 1.41. The number of benzene rings is 1. The largest absolute Gasteiger partial charge is 0.467 e. The fourth-order valence-corrected chi connectivity index (χ4v) is 3.46. The summed E-state index contributed by atoms with van der Waals surface area (Å²) in [5.41, 5.74) is 1.28. The van der Waals surface area contributed by atoms with Gasteiger partial charge < -0.3 is 14.3 Å². The highest BCUT2D eigenvalue weighted by Gasteiger charge is 2.13. The minimum absolute atomic E-state index is 0.0529. The molecule has 0 fully saturated rings. The molecule has 0 radical (unpaired) electrons. The Morgan fingerprint density at radius 1 is 1.15 bits per heavy atom. The number of amides is 1. The third-order valence-corrected chi connectivity index (χ3v) is 4.93. The quantitative estimate of drug-likeness (QED) is 0.586. The van der Waals surface area contributed by atoms with Crippen LogP contribution in [0.1, 0.15) is 24.1 Å². The van der Waals surface area contributed by atoms with Crippen molar-refractivity contribution < 1.29 is 9.21 Å². The van der Waals surface area contributed by atoms with E-state index in [1.807, 2.05) is 24.3 Å². The molecule has 1 amide bonds. The molecule has 0 aliphatic carbocycles. The Labute approximate surface area is 157 Å². The van der Waals surface area contributed by atoms with Gasteiger partial charge in [-0.2, -0.15) is 0 Å². The number of hydrogen-bond donors (Lipinski definition) is 1. The molecule has 3 aromatic rings. The summed E-state index contributed by atoms with van der Waals surface area (Å²) in [4.78, 5) is 12.0. The standard InChI is InChI=1S/C19H22N4O2S/c1-2-23-17(11-10-15-7-4-3-5-8-15)21-22-19(23)26-14-18(24)20-13-16-9-6-12-25-16/h3-9,12H,2,10-11,13-14H2,1H3,(H,20,24). The molecular weight excluding hydrogens is 348 g/mol. The van der Waals surface area contributed by atoms with Crippen LogP contribution in [0.5, 0.6) is 0 Å². The molecule has 1 N–H and O–H groups in total. The maximum absolute atomic E-state index is 12.0. The van der Waals surface area contributed by atoms with Crippen molar-refractivity contribution in [3.8, 4) is 0 Å². The van der Waals surface area contributed by atoms with Gasteiger partial charge in [-0.05, 0) is 31.0 Å². The van der Waals surface area contributed by atoms with Crippen LogP contribution in [0.3, 0.4) is 0 Å². The van der Waals surface area contributed by atoms with Crippen molar-refractivity contribution in [3.63, 3.8) is 0 Å². The van der Waals surface area contributed by atoms with Crippen molar-refractivity contribution >= 4 is 17.7 Å². The van der Waals surface area contributed by atoms with Gasteiger partial charge in [0.05, 0.1) is 18.6 Å². The van der Waals surface area contributed by atoms with Crippen molar-refractivity contribution in [1.82, 2.24) is 20.1 Å². The smallest absolute Gasteiger partial charge is 0.230 e. The van der Waals surface area contributed by atoms with Gasteiger partial charge in [-0.25, -0.2) is 0 Å². The second-order valence-electron chi connectivity index (χ2n) is 5.77. The van der Waals surface area contributed by atoms with E-state index in [1.165, 1.54) is 17.3 Å². The molecule has 6 nitrogen and oxygen atoms in total. The molecule has 7 heteroatoms.